The molecule has 0 spiro atoms. The first-order valence-electron chi connectivity index (χ1n) is 9.27. The number of hydrogen-bond acceptors (Lipinski definition) is 3. The fourth-order valence-electron chi connectivity index (χ4n) is 4.14. The maximum absolute atomic E-state index is 6.03. The lowest BCUT2D eigenvalue weighted by atomic mass is 9.81. The highest BCUT2D eigenvalue weighted by molar-refractivity contribution is 6.08. The highest BCUT2D eigenvalue weighted by atomic mass is 16.6. The number of aryl methyl sites for hydroxylation is 3. The molecule has 0 saturated heterocycles. The van der Waals surface area contributed by atoms with Gasteiger partial charge in [0.05, 0.1) is 11.6 Å². The lowest BCUT2D eigenvalue weighted by Crippen LogP contribution is -2.18. The van der Waals surface area contributed by atoms with E-state index in [2.05, 4.69) is 68.4 Å². The van der Waals surface area contributed by atoms with E-state index in [0.29, 0.717) is 0 Å². The average Bonchev–Trinajstić information content (AvgIpc) is 3.06. The third-order valence-electron chi connectivity index (χ3n) is 5.19. The standard InChI is InChI=1S/C24H24N2O/c1-15-12-16(2)21(17(3)13-15)23-22(18-8-5-4-6-9-18)24(27-26-23)19-10-7-11-20(25)14-19/h4-14,22,24H,25H2,1-3H3/t22-,24+/m1/s1. The van der Waals surface area contributed by atoms with Gasteiger partial charge in [-0.1, -0.05) is 65.3 Å². The predicted octanol–water partition coefficient (Wildman–Crippen LogP) is 5.45. The van der Waals surface area contributed by atoms with E-state index in [1.165, 1.54) is 27.8 Å². The fourth-order valence-corrected chi connectivity index (χ4v) is 4.14. The topological polar surface area (TPSA) is 47.6 Å². The number of benzene rings is 3. The monoisotopic (exact) mass is 356 g/mol. The second-order valence-electron chi connectivity index (χ2n) is 7.33. The summed E-state index contributed by atoms with van der Waals surface area (Å²) in [5.74, 6) is 0.0214. The van der Waals surface area contributed by atoms with Gasteiger partial charge in [-0.15, -0.1) is 0 Å². The van der Waals surface area contributed by atoms with Gasteiger partial charge in [0, 0.05) is 11.3 Å². The molecule has 3 aromatic carbocycles. The van der Waals surface area contributed by atoms with Crippen LogP contribution in [0.5, 0.6) is 0 Å². The summed E-state index contributed by atoms with van der Waals surface area (Å²) >= 11 is 0. The van der Waals surface area contributed by atoms with Crippen molar-refractivity contribution in [2.75, 3.05) is 5.73 Å². The summed E-state index contributed by atoms with van der Waals surface area (Å²) in [5, 5.41) is 4.58. The van der Waals surface area contributed by atoms with Gasteiger partial charge >= 0.3 is 0 Å². The molecule has 2 N–H and O–H groups in total. The Balaban J connectivity index is 1.85. The van der Waals surface area contributed by atoms with Gasteiger partial charge in [-0.05, 0) is 55.2 Å². The lowest BCUT2D eigenvalue weighted by Gasteiger charge is -2.22. The first kappa shape index (κ1) is 17.3. The van der Waals surface area contributed by atoms with Crippen molar-refractivity contribution < 1.29 is 4.84 Å². The van der Waals surface area contributed by atoms with Crippen LogP contribution in [0.3, 0.4) is 0 Å². The van der Waals surface area contributed by atoms with Crippen molar-refractivity contribution in [2.24, 2.45) is 5.16 Å². The Morgan fingerprint density at radius 2 is 1.48 bits per heavy atom. The van der Waals surface area contributed by atoms with E-state index in [1.54, 1.807) is 0 Å². The number of nitrogen functional groups attached to an aromatic ring is 1. The van der Waals surface area contributed by atoms with Gasteiger partial charge in [0.1, 0.15) is 0 Å². The number of nitrogens with zero attached hydrogens (tertiary/aromatic N) is 1. The molecule has 136 valence electrons. The Kier molecular flexibility index (Phi) is 4.44. The van der Waals surface area contributed by atoms with Crippen LogP contribution >= 0.6 is 0 Å². The minimum absolute atomic E-state index is 0.0214. The summed E-state index contributed by atoms with van der Waals surface area (Å²) in [7, 11) is 0. The number of rotatable bonds is 3. The number of oxime groups is 1. The number of hydrogen-bond donors (Lipinski definition) is 1. The summed E-state index contributed by atoms with van der Waals surface area (Å²) in [5.41, 5.74) is 14.9. The minimum atomic E-state index is -0.189. The van der Waals surface area contributed by atoms with E-state index >= 15 is 0 Å². The van der Waals surface area contributed by atoms with Crippen LogP contribution < -0.4 is 5.73 Å². The van der Waals surface area contributed by atoms with Gasteiger partial charge in [0.15, 0.2) is 6.10 Å². The first-order valence-corrected chi connectivity index (χ1v) is 9.27. The van der Waals surface area contributed by atoms with E-state index in [9.17, 15) is 0 Å². The molecule has 0 aromatic heterocycles. The van der Waals surface area contributed by atoms with Gasteiger partial charge in [0.25, 0.3) is 0 Å². The van der Waals surface area contributed by atoms with Crippen LogP contribution in [-0.4, -0.2) is 5.71 Å². The second kappa shape index (κ2) is 6.92. The summed E-state index contributed by atoms with van der Waals surface area (Å²) in [4.78, 5) is 6.00. The van der Waals surface area contributed by atoms with Crippen LogP contribution in [0.1, 0.15) is 45.4 Å². The van der Waals surface area contributed by atoms with E-state index < -0.39 is 0 Å². The van der Waals surface area contributed by atoms with Gasteiger partial charge < -0.3 is 10.6 Å². The molecule has 0 unspecified atom stereocenters. The molecular weight excluding hydrogens is 332 g/mol. The summed E-state index contributed by atoms with van der Waals surface area (Å²) in [6, 6.07) is 22.8. The SMILES string of the molecule is Cc1cc(C)c(C2=NO[C@@H](c3cccc(N)c3)[C@@H]2c2ccccc2)c(C)c1. The molecular formula is C24H24N2O. The van der Waals surface area contributed by atoms with Gasteiger partial charge in [0.2, 0.25) is 0 Å². The zero-order chi connectivity index (χ0) is 19.0. The molecule has 3 heteroatoms. The van der Waals surface area contributed by atoms with Gasteiger partial charge in [-0.3, -0.25) is 0 Å². The molecule has 1 heterocycles. The smallest absolute Gasteiger partial charge is 0.165 e. The molecule has 0 bridgehead atoms. The molecule has 0 aliphatic carbocycles. The van der Waals surface area contributed by atoms with Crippen LogP contribution in [-0.2, 0) is 4.84 Å². The molecule has 3 nitrogen and oxygen atoms in total. The molecule has 0 fully saturated rings. The van der Waals surface area contributed by atoms with Crippen LogP contribution in [0.2, 0.25) is 0 Å². The van der Waals surface area contributed by atoms with Crippen LogP contribution in [0.15, 0.2) is 71.9 Å². The van der Waals surface area contributed by atoms with Crippen molar-refractivity contribution in [3.05, 3.63) is 100 Å². The minimum Gasteiger partial charge on any atom is -0.399 e. The third-order valence-corrected chi connectivity index (χ3v) is 5.19. The van der Waals surface area contributed by atoms with Gasteiger partial charge in [-0.25, -0.2) is 0 Å². The van der Waals surface area contributed by atoms with Crippen molar-refractivity contribution in [1.82, 2.24) is 0 Å². The van der Waals surface area contributed by atoms with E-state index in [4.69, 9.17) is 10.6 Å². The molecule has 3 aromatic rings. The van der Waals surface area contributed by atoms with Crippen molar-refractivity contribution in [1.29, 1.82) is 0 Å². The number of nitrogens with two attached hydrogens (primary N) is 1. The predicted molar refractivity (Wildman–Crippen MR) is 111 cm³/mol. The molecule has 1 aliphatic rings. The average molecular weight is 356 g/mol. The highest BCUT2D eigenvalue weighted by Crippen LogP contribution is 2.43. The molecule has 0 saturated carbocycles. The second-order valence-corrected chi connectivity index (χ2v) is 7.33. The van der Waals surface area contributed by atoms with Gasteiger partial charge in [-0.2, -0.15) is 0 Å². The summed E-state index contributed by atoms with van der Waals surface area (Å²) in [6.07, 6.45) is -0.189. The largest absolute Gasteiger partial charge is 0.399 e. The molecule has 4 rings (SSSR count). The van der Waals surface area contributed by atoms with Crippen LogP contribution in [0.4, 0.5) is 5.69 Å². The molecule has 27 heavy (non-hydrogen) atoms. The Morgan fingerprint density at radius 3 is 2.15 bits per heavy atom. The van der Waals surface area contributed by atoms with Crippen LogP contribution in [0, 0.1) is 20.8 Å². The van der Waals surface area contributed by atoms with E-state index in [1.807, 2.05) is 24.3 Å². The Bertz CT molecular complexity index is 985. The zero-order valence-corrected chi connectivity index (χ0v) is 15.9. The Morgan fingerprint density at radius 1 is 0.815 bits per heavy atom. The van der Waals surface area contributed by atoms with E-state index in [-0.39, 0.29) is 12.0 Å². The molecule has 1 aliphatic heterocycles. The molecule has 2 atom stereocenters. The maximum atomic E-state index is 6.03. The lowest BCUT2D eigenvalue weighted by molar-refractivity contribution is 0.0763. The summed E-state index contributed by atoms with van der Waals surface area (Å²) in [6.45, 7) is 6.42. The Hall–Kier alpha value is -3.07. The normalized spacial score (nSPS) is 18.9. The van der Waals surface area contributed by atoms with Crippen molar-refractivity contribution >= 4 is 11.4 Å². The Labute approximate surface area is 160 Å². The van der Waals surface area contributed by atoms with E-state index in [0.717, 1.165) is 17.0 Å². The number of anilines is 1. The molecule has 0 amide bonds. The maximum Gasteiger partial charge on any atom is 0.165 e. The molecule has 0 radical (unpaired) electrons. The van der Waals surface area contributed by atoms with Crippen LogP contribution in [0.25, 0.3) is 0 Å². The van der Waals surface area contributed by atoms with Crippen molar-refractivity contribution in [3.8, 4) is 0 Å². The fraction of sp³-hybridized carbons (Fsp3) is 0.208. The van der Waals surface area contributed by atoms with Crippen molar-refractivity contribution in [3.63, 3.8) is 0 Å². The summed E-state index contributed by atoms with van der Waals surface area (Å²) < 4.78 is 0. The first-order chi connectivity index (χ1) is 13.0. The van der Waals surface area contributed by atoms with Crippen molar-refractivity contribution in [2.45, 2.75) is 32.8 Å². The quantitative estimate of drug-likeness (QED) is 0.634. The zero-order valence-electron chi connectivity index (χ0n) is 15.9. The highest BCUT2D eigenvalue weighted by Gasteiger charge is 2.38. The third kappa shape index (κ3) is 3.21.